The molecule has 0 amide bonds. The molecule has 4 nitrogen and oxygen atoms in total. The van der Waals surface area contributed by atoms with E-state index in [9.17, 15) is 8.78 Å². The van der Waals surface area contributed by atoms with Crippen LogP contribution in [0.5, 0.6) is 0 Å². The maximum absolute atomic E-state index is 13.7. The highest BCUT2D eigenvalue weighted by atomic mass is 127. The minimum Gasteiger partial charge on any atom is -0.381 e. The van der Waals surface area contributed by atoms with Gasteiger partial charge in [0.1, 0.15) is 11.6 Å². The van der Waals surface area contributed by atoms with Gasteiger partial charge >= 0.3 is 0 Å². The lowest BCUT2D eigenvalue weighted by Gasteiger charge is -2.37. The van der Waals surface area contributed by atoms with Crippen LogP contribution in [0.3, 0.4) is 0 Å². The molecule has 2 aromatic carbocycles. The fourth-order valence-electron chi connectivity index (χ4n) is 3.17. The van der Waals surface area contributed by atoms with Gasteiger partial charge in [-0.15, -0.1) is 24.0 Å². The molecule has 0 atom stereocenters. The monoisotopic (exact) mass is 507 g/mol. The summed E-state index contributed by atoms with van der Waals surface area (Å²) in [4.78, 5) is 4.38. The highest BCUT2D eigenvalue weighted by Crippen LogP contribution is 2.38. The van der Waals surface area contributed by atoms with Crippen molar-refractivity contribution in [1.29, 1.82) is 0 Å². The van der Waals surface area contributed by atoms with Crippen molar-refractivity contribution in [2.45, 2.75) is 18.3 Å². The number of hydrogen-bond donors (Lipinski definition) is 2. The van der Waals surface area contributed by atoms with Crippen LogP contribution >= 0.6 is 35.6 Å². The molecule has 1 heterocycles. The first-order valence-corrected chi connectivity index (χ1v) is 8.73. The predicted molar refractivity (Wildman–Crippen MR) is 115 cm³/mol. The highest BCUT2D eigenvalue weighted by Gasteiger charge is 2.36. The van der Waals surface area contributed by atoms with Crippen LogP contribution in [0.2, 0.25) is 5.02 Å². The number of benzene rings is 2. The van der Waals surface area contributed by atoms with Gasteiger partial charge in [-0.1, -0.05) is 29.8 Å². The van der Waals surface area contributed by atoms with Crippen LogP contribution in [0.1, 0.15) is 18.4 Å². The average molecular weight is 508 g/mol. The number of guanidine groups is 1. The number of aliphatic imine (C=N–C) groups is 1. The molecule has 1 fully saturated rings. The Kier molecular flexibility index (Phi) is 7.81. The molecule has 0 bridgehead atoms. The van der Waals surface area contributed by atoms with E-state index in [1.54, 1.807) is 0 Å². The Morgan fingerprint density at radius 1 is 1.19 bits per heavy atom. The summed E-state index contributed by atoms with van der Waals surface area (Å²) >= 11 is 6.40. The smallest absolute Gasteiger partial charge is 0.193 e. The van der Waals surface area contributed by atoms with Crippen molar-refractivity contribution < 1.29 is 13.5 Å². The fraction of sp³-hybridized carbons (Fsp3) is 0.316. The number of rotatable bonds is 4. The van der Waals surface area contributed by atoms with Crippen molar-refractivity contribution in [2.24, 2.45) is 10.7 Å². The van der Waals surface area contributed by atoms with Gasteiger partial charge in [-0.25, -0.2) is 8.78 Å². The number of nitrogens with two attached hydrogens (primary N) is 1. The highest BCUT2D eigenvalue weighted by molar-refractivity contribution is 14.0. The Labute approximate surface area is 179 Å². The van der Waals surface area contributed by atoms with E-state index in [0.29, 0.717) is 24.8 Å². The van der Waals surface area contributed by atoms with E-state index in [1.165, 1.54) is 0 Å². The second-order valence-electron chi connectivity index (χ2n) is 6.32. The lowest BCUT2D eigenvalue weighted by molar-refractivity contribution is 0.0532. The molecule has 0 spiro atoms. The molecular formula is C19H21ClF2IN3O. The van der Waals surface area contributed by atoms with Gasteiger partial charge in [0.15, 0.2) is 5.96 Å². The third-order valence-corrected chi connectivity index (χ3v) is 4.97. The first-order chi connectivity index (χ1) is 12.5. The van der Waals surface area contributed by atoms with Gasteiger partial charge in [-0.05, 0) is 36.6 Å². The molecule has 0 unspecified atom stereocenters. The van der Waals surface area contributed by atoms with E-state index in [1.807, 2.05) is 24.3 Å². The number of halogens is 4. The van der Waals surface area contributed by atoms with Crippen LogP contribution in [0.4, 0.5) is 14.5 Å². The number of nitrogens with one attached hydrogen (secondary N) is 1. The second kappa shape index (κ2) is 9.66. The van der Waals surface area contributed by atoms with Crippen molar-refractivity contribution in [1.82, 2.24) is 0 Å². The standard InChI is InChI=1S/C19H20ClF2N3O.HI/c20-15-4-2-1-3-14(15)19(7-9-26-10-8-19)12-24-18(23)25-17-11-13(21)5-6-16(17)22;/h1-6,11H,7-10,12H2,(H3,23,24,25);1H. The molecule has 0 saturated carbocycles. The fourth-order valence-corrected chi connectivity index (χ4v) is 3.51. The van der Waals surface area contributed by atoms with Crippen molar-refractivity contribution in [3.63, 3.8) is 0 Å². The second-order valence-corrected chi connectivity index (χ2v) is 6.73. The van der Waals surface area contributed by atoms with E-state index in [-0.39, 0.29) is 41.0 Å². The molecule has 1 saturated heterocycles. The third-order valence-electron chi connectivity index (χ3n) is 4.64. The number of hydrogen-bond acceptors (Lipinski definition) is 2. The summed E-state index contributed by atoms with van der Waals surface area (Å²) in [5.74, 6) is -1.14. The van der Waals surface area contributed by atoms with Crippen LogP contribution in [0, 0.1) is 11.6 Å². The van der Waals surface area contributed by atoms with Crippen LogP contribution in [0.25, 0.3) is 0 Å². The third kappa shape index (κ3) is 5.30. The zero-order valence-corrected chi connectivity index (χ0v) is 17.6. The van der Waals surface area contributed by atoms with Gasteiger partial charge in [-0.3, -0.25) is 4.99 Å². The normalized spacial score (nSPS) is 16.5. The minimum absolute atomic E-state index is 0. The molecule has 27 heavy (non-hydrogen) atoms. The molecule has 3 N–H and O–H groups in total. The van der Waals surface area contributed by atoms with Gasteiger partial charge in [0.2, 0.25) is 0 Å². The maximum Gasteiger partial charge on any atom is 0.193 e. The summed E-state index contributed by atoms with van der Waals surface area (Å²) in [6.45, 7) is 1.58. The quantitative estimate of drug-likeness (QED) is 0.358. The SMILES string of the molecule is I.NC(=NCC1(c2ccccc2Cl)CCOCC1)Nc1cc(F)ccc1F. The van der Waals surface area contributed by atoms with Crippen molar-refractivity contribution in [3.8, 4) is 0 Å². The van der Waals surface area contributed by atoms with E-state index in [0.717, 1.165) is 36.6 Å². The molecule has 146 valence electrons. The Bertz CT molecular complexity index is 813. The predicted octanol–water partition coefficient (Wildman–Crippen LogP) is 4.71. The van der Waals surface area contributed by atoms with E-state index < -0.39 is 11.6 Å². The van der Waals surface area contributed by atoms with Crippen LogP contribution in [0.15, 0.2) is 47.5 Å². The van der Waals surface area contributed by atoms with Gasteiger partial charge in [0, 0.05) is 29.7 Å². The molecule has 2 aromatic rings. The molecule has 3 rings (SSSR count). The first-order valence-electron chi connectivity index (χ1n) is 8.35. The Hall–Kier alpha value is -1.45. The molecule has 0 aromatic heterocycles. The van der Waals surface area contributed by atoms with Crippen LogP contribution in [-0.2, 0) is 10.2 Å². The molecule has 0 aliphatic carbocycles. The molecule has 1 aliphatic heterocycles. The molecular weight excluding hydrogens is 487 g/mol. The Balaban J connectivity index is 0.00000261. The Morgan fingerprint density at radius 2 is 1.89 bits per heavy atom. The lowest BCUT2D eigenvalue weighted by Crippen LogP contribution is -2.38. The van der Waals surface area contributed by atoms with Crippen molar-refractivity contribution >= 4 is 47.2 Å². The van der Waals surface area contributed by atoms with E-state index >= 15 is 0 Å². The van der Waals surface area contributed by atoms with Crippen LogP contribution < -0.4 is 11.1 Å². The minimum atomic E-state index is -0.601. The maximum atomic E-state index is 13.7. The van der Waals surface area contributed by atoms with Gasteiger partial charge < -0.3 is 15.8 Å². The summed E-state index contributed by atoms with van der Waals surface area (Å²) in [5.41, 5.74) is 6.55. The zero-order valence-electron chi connectivity index (χ0n) is 14.6. The van der Waals surface area contributed by atoms with Gasteiger partial charge in [0.05, 0.1) is 12.2 Å². The van der Waals surface area contributed by atoms with E-state index in [2.05, 4.69) is 10.3 Å². The largest absolute Gasteiger partial charge is 0.381 e. The molecule has 1 aliphatic rings. The summed E-state index contributed by atoms with van der Waals surface area (Å²) in [7, 11) is 0. The first kappa shape index (κ1) is 21.8. The number of anilines is 1. The average Bonchev–Trinajstić information content (AvgIpc) is 2.64. The van der Waals surface area contributed by atoms with E-state index in [4.69, 9.17) is 22.1 Å². The summed E-state index contributed by atoms with van der Waals surface area (Å²) in [5, 5.41) is 3.30. The summed E-state index contributed by atoms with van der Waals surface area (Å²) in [6.07, 6.45) is 1.50. The van der Waals surface area contributed by atoms with Gasteiger partial charge in [0.25, 0.3) is 0 Å². The summed E-state index contributed by atoms with van der Waals surface area (Å²) < 4.78 is 32.5. The Morgan fingerprint density at radius 3 is 2.59 bits per heavy atom. The molecule has 8 heteroatoms. The lowest BCUT2D eigenvalue weighted by atomic mass is 9.74. The summed E-state index contributed by atoms with van der Waals surface area (Å²) in [6, 6.07) is 10.8. The topological polar surface area (TPSA) is 59.6 Å². The van der Waals surface area contributed by atoms with Gasteiger partial charge in [-0.2, -0.15) is 0 Å². The van der Waals surface area contributed by atoms with Crippen LogP contribution in [-0.4, -0.2) is 25.7 Å². The van der Waals surface area contributed by atoms with Crippen molar-refractivity contribution in [2.75, 3.05) is 25.1 Å². The van der Waals surface area contributed by atoms with Crippen molar-refractivity contribution in [3.05, 3.63) is 64.7 Å². The zero-order chi connectivity index (χ0) is 18.6. The number of ether oxygens (including phenoxy) is 1. The number of nitrogens with zero attached hydrogens (tertiary/aromatic N) is 1. The molecule has 0 radical (unpaired) electrons.